The Kier molecular flexibility index (Phi) is 4.29. The Bertz CT molecular complexity index is 472. The van der Waals surface area contributed by atoms with E-state index in [2.05, 4.69) is 5.32 Å². The predicted molar refractivity (Wildman–Crippen MR) is 66.3 cm³/mol. The minimum Gasteiger partial charge on any atom is -0.478 e. The van der Waals surface area contributed by atoms with Gasteiger partial charge in [0, 0.05) is 12.2 Å². The van der Waals surface area contributed by atoms with Gasteiger partial charge in [0.1, 0.15) is 0 Å². The Labute approximate surface area is 104 Å². The molecule has 1 aromatic carbocycles. The number of benzene rings is 1. The molecule has 0 bridgehead atoms. The van der Waals surface area contributed by atoms with Gasteiger partial charge >= 0.3 is 5.97 Å². The largest absolute Gasteiger partial charge is 0.478 e. The number of aliphatic carboxylic acids is 1. The van der Waals surface area contributed by atoms with Crippen LogP contribution >= 0.6 is 11.6 Å². The quantitative estimate of drug-likeness (QED) is 0.814. The first-order chi connectivity index (χ1) is 7.90. The van der Waals surface area contributed by atoms with Crippen LogP contribution in [0.4, 0.5) is 5.69 Å². The lowest BCUT2D eigenvalue weighted by atomic mass is 10.1. The van der Waals surface area contributed by atoms with Crippen molar-refractivity contribution in [2.45, 2.75) is 13.8 Å². The van der Waals surface area contributed by atoms with E-state index in [1.165, 1.54) is 0 Å². The van der Waals surface area contributed by atoms with Gasteiger partial charge in [0.2, 0.25) is 5.91 Å². The molecule has 0 aromatic heterocycles. The highest BCUT2D eigenvalue weighted by atomic mass is 35.5. The van der Waals surface area contributed by atoms with Gasteiger partial charge in [-0.1, -0.05) is 17.7 Å². The van der Waals surface area contributed by atoms with E-state index >= 15 is 0 Å². The molecule has 0 aliphatic heterocycles. The number of amides is 1. The van der Waals surface area contributed by atoms with E-state index in [1.807, 2.05) is 19.9 Å². The topological polar surface area (TPSA) is 66.4 Å². The third-order valence-corrected chi connectivity index (χ3v) is 2.36. The van der Waals surface area contributed by atoms with Crippen LogP contribution < -0.4 is 5.32 Å². The molecule has 0 aliphatic carbocycles. The van der Waals surface area contributed by atoms with Crippen LogP contribution in [-0.2, 0) is 9.59 Å². The molecule has 4 nitrogen and oxygen atoms in total. The van der Waals surface area contributed by atoms with Gasteiger partial charge in [0.25, 0.3) is 0 Å². The second-order valence-electron chi connectivity index (χ2n) is 3.60. The van der Waals surface area contributed by atoms with Crippen molar-refractivity contribution < 1.29 is 14.7 Å². The molecule has 1 rings (SSSR count). The van der Waals surface area contributed by atoms with Gasteiger partial charge in [-0.3, -0.25) is 4.79 Å². The Balaban J connectivity index is 2.89. The summed E-state index contributed by atoms with van der Waals surface area (Å²) < 4.78 is 0. The predicted octanol–water partition coefficient (Wildman–Crippen LogP) is 2.54. The van der Waals surface area contributed by atoms with E-state index < -0.39 is 11.9 Å². The molecule has 17 heavy (non-hydrogen) atoms. The van der Waals surface area contributed by atoms with Crippen LogP contribution in [0.25, 0.3) is 0 Å². The van der Waals surface area contributed by atoms with Crippen molar-refractivity contribution in [2.75, 3.05) is 5.32 Å². The number of carbonyl (C=O) groups is 2. The van der Waals surface area contributed by atoms with Gasteiger partial charge < -0.3 is 10.4 Å². The zero-order valence-corrected chi connectivity index (χ0v) is 10.2. The van der Waals surface area contributed by atoms with Crippen LogP contribution in [0.3, 0.4) is 0 Å². The molecular formula is C12H12ClNO3. The van der Waals surface area contributed by atoms with Crippen LogP contribution in [0.1, 0.15) is 11.1 Å². The molecule has 90 valence electrons. The van der Waals surface area contributed by atoms with E-state index in [0.29, 0.717) is 10.7 Å². The molecule has 1 amide bonds. The molecule has 5 heteroatoms. The highest BCUT2D eigenvalue weighted by Crippen LogP contribution is 2.27. The fourth-order valence-corrected chi connectivity index (χ4v) is 1.75. The average Bonchev–Trinajstić information content (AvgIpc) is 2.20. The molecule has 0 atom stereocenters. The average molecular weight is 254 g/mol. The summed E-state index contributed by atoms with van der Waals surface area (Å²) >= 11 is 5.99. The number of rotatable bonds is 3. The summed E-state index contributed by atoms with van der Waals surface area (Å²) in [7, 11) is 0. The van der Waals surface area contributed by atoms with E-state index in [-0.39, 0.29) is 0 Å². The maximum atomic E-state index is 11.4. The zero-order chi connectivity index (χ0) is 13.0. The van der Waals surface area contributed by atoms with Crippen LogP contribution in [-0.4, -0.2) is 17.0 Å². The summed E-state index contributed by atoms with van der Waals surface area (Å²) in [5.41, 5.74) is 2.32. The molecular weight excluding hydrogens is 242 g/mol. The second kappa shape index (κ2) is 5.50. The summed E-state index contributed by atoms with van der Waals surface area (Å²) in [6.45, 7) is 3.71. The van der Waals surface area contributed by atoms with Crippen molar-refractivity contribution in [3.63, 3.8) is 0 Å². The normalized spacial score (nSPS) is 10.5. The molecule has 0 aliphatic rings. The first-order valence-corrected chi connectivity index (χ1v) is 5.26. The smallest absolute Gasteiger partial charge is 0.328 e. The summed E-state index contributed by atoms with van der Waals surface area (Å²) in [5, 5.41) is 11.4. The van der Waals surface area contributed by atoms with Crippen molar-refractivity contribution in [3.05, 3.63) is 40.4 Å². The third-order valence-electron chi connectivity index (χ3n) is 2.06. The van der Waals surface area contributed by atoms with Crippen molar-refractivity contribution >= 4 is 29.2 Å². The lowest BCUT2D eigenvalue weighted by Gasteiger charge is -2.09. The maximum Gasteiger partial charge on any atom is 0.328 e. The van der Waals surface area contributed by atoms with E-state index in [0.717, 1.165) is 23.3 Å². The van der Waals surface area contributed by atoms with Crippen molar-refractivity contribution in [1.82, 2.24) is 0 Å². The SMILES string of the molecule is Cc1cc(C)c(NC(=O)/C=C\C(=O)O)c(Cl)c1. The highest BCUT2D eigenvalue weighted by Gasteiger charge is 2.07. The second-order valence-corrected chi connectivity index (χ2v) is 4.01. The van der Waals surface area contributed by atoms with Crippen molar-refractivity contribution in [2.24, 2.45) is 0 Å². The van der Waals surface area contributed by atoms with Crippen LogP contribution in [0.2, 0.25) is 5.02 Å². The molecule has 0 fully saturated rings. The number of hydrogen-bond donors (Lipinski definition) is 2. The first-order valence-electron chi connectivity index (χ1n) is 4.89. The number of nitrogens with one attached hydrogen (secondary N) is 1. The van der Waals surface area contributed by atoms with Gasteiger partial charge in [-0.25, -0.2) is 4.79 Å². The van der Waals surface area contributed by atoms with Gasteiger partial charge in [0.05, 0.1) is 10.7 Å². The molecule has 0 unspecified atom stereocenters. The number of carboxylic acid groups (broad SMARTS) is 1. The molecule has 0 saturated carbocycles. The molecule has 0 heterocycles. The number of aryl methyl sites for hydroxylation is 2. The highest BCUT2D eigenvalue weighted by molar-refractivity contribution is 6.34. The Morgan fingerprint density at radius 2 is 1.94 bits per heavy atom. The van der Waals surface area contributed by atoms with Crippen molar-refractivity contribution in [3.8, 4) is 0 Å². The zero-order valence-electron chi connectivity index (χ0n) is 9.45. The van der Waals surface area contributed by atoms with E-state index in [1.54, 1.807) is 6.07 Å². The fraction of sp³-hybridized carbons (Fsp3) is 0.167. The van der Waals surface area contributed by atoms with Gasteiger partial charge in [-0.2, -0.15) is 0 Å². The van der Waals surface area contributed by atoms with Crippen LogP contribution in [0.5, 0.6) is 0 Å². The Morgan fingerprint density at radius 3 is 2.47 bits per heavy atom. The molecule has 0 radical (unpaired) electrons. The minimum absolute atomic E-state index is 0.430. The van der Waals surface area contributed by atoms with Gasteiger partial charge in [-0.05, 0) is 31.0 Å². The van der Waals surface area contributed by atoms with Crippen LogP contribution in [0, 0.1) is 13.8 Å². The molecule has 2 N–H and O–H groups in total. The molecule has 0 saturated heterocycles. The molecule has 0 spiro atoms. The monoisotopic (exact) mass is 253 g/mol. The Morgan fingerprint density at radius 1 is 1.29 bits per heavy atom. The standard InChI is InChI=1S/C12H12ClNO3/c1-7-5-8(2)12(9(13)6-7)14-10(15)3-4-11(16)17/h3-6H,1-2H3,(H,14,15)(H,16,17)/b4-3-. The lowest BCUT2D eigenvalue weighted by Crippen LogP contribution is -2.10. The fourth-order valence-electron chi connectivity index (χ4n) is 1.39. The Hall–Kier alpha value is -1.81. The van der Waals surface area contributed by atoms with E-state index in [9.17, 15) is 9.59 Å². The number of anilines is 1. The number of carboxylic acids is 1. The van der Waals surface area contributed by atoms with E-state index in [4.69, 9.17) is 16.7 Å². The maximum absolute atomic E-state index is 11.4. The third kappa shape index (κ3) is 3.92. The van der Waals surface area contributed by atoms with Gasteiger partial charge in [0.15, 0.2) is 0 Å². The summed E-state index contributed by atoms with van der Waals surface area (Å²) in [6, 6.07) is 3.60. The van der Waals surface area contributed by atoms with Crippen molar-refractivity contribution in [1.29, 1.82) is 0 Å². The lowest BCUT2D eigenvalue weighted by molar-refractivity contribution is -0.131. The number of carbonyl (C=O) groups excluding carboxylic acids is 1. The summed E-state index contributed by atoms with van der Waals surface area (Å²) in [6.07, 6.45) is 1.71. The summed E-state index contributed by atoms with van der Waals surface area (Å²) in [5.74, 6) is -1.70. The summed E-state index contributed by atoms with van der Waals surface area (Å²) in [4.78, 5) is 21.6. The number of halogens is 1. The minimum atomic E-state index is -1.17. The van der Waals surface area contributed by atoms with Crippen LogP contribution in [0.15, 0.2) is 24.3 Å². The van der Waals surface area contributed by atoms with Gasteiger partial charge in [-0.15, -0.1) is 0 Å². The number of hydrogen-bond acceptors (Lipinski definition) is 2. The molecule has 1 aromatic rings. The first kappa shape index (κ1) is 13.3.